The molecule has 140 valence electrons. The fourth-order valence-electron chi connectivity index (χ4n) is 3.22. The molecule has 0 radical (unpaired) electrons. The van der Waals surface area contributed by atoms with Gasteiger partial charge in [-0.3, -0.25) is 14.9 Å². The van der Waals surface area contributed by atoms with E-state index in [1.165, 1.54) is 12.1 Å². The topological polar surface area (TPSA) is 66.7 Å². The summed E-state index contributed by atoms with van der Waals surface area (Å²) in [5.74, 6) is -0.0385. The molecule has 2 aromatic rings. The first-order valence-corrected chi connectivity index (χ1v) is 9.11. The second-order valence-corrected chi connectivity index (χ2v) is 6.50. The number of hydrogen-bond acceptors (Lipinski definition) is 4. The van der Waals surface area contributed by atoms with Gasteiger partial charge >= 0.3 is 0 Å². The Morgan fingerprint density at radius 2 is 1.78 bits per heavy atom. The van der Waals surface area contributed by atoms with Crippen molar-refractivity contribution in [3.05, 3.63) is 75.8 Å². The number of amides is 1. The molecule has 0 aliphatic carbocycles. The summed E-state index contributed by atoms with van der Waals surface area (Å²) in [6.45, 7) is 6.20. The van der Waals surface area contributed by atoms with Gasteiger partial charge in [0.1, 0.15) is 0 Å². The maximum Gasteiger partial charge on any atom is 0.270 e. The number of non-ortho nitro benzene ring substituents is 1. The molecule has 2 aromatic carbocycles. The van der Waals surface area contributed by atoms with Gasteiger partial charge < -0.3 is 9.80 Å². The van der Waals surface area contributed by atoms with Gasteiger partial charge in [0.05, 0.1) is 4.92 Å². The number of benzene rings is 2. The van der Waals surface area contributed by atoms with E-state index in [4.69, 9.17) is 0 Å². The van der Waals surface area contributed by atoms with Crippen molar-refractivity contribution < 1.29 is 9.72 Å². The third-order valence-corrected chi connectivity index (χ3v) is 4.81. The Morgan fingerprint density at radius 1 is 1.07 bits per heavy atom. The molecule has 0 spiro atoms. The van der Waals surface area contributed by atoms with Crippen LogP contribution in [-0.4, -0.2) is 53.4 Å². The van der Waals surface area contributed by atoms with Crippen LogP contribution in [0.1, 0.15) is 18.1 Å². The van der Waals surface area contributed by atoms with E-state index in [0.29, 0.717) is 24.2 Å². The van der Waals surface area contributed by atoms with Gasteiger partial charge in [0.25, 0.3) is 11.6 Å². The molecule has 3 rings (SSSR count). The Kier molecular flexibility index (Phi) is 5.98. The number of nitro groups is 1. The summed E-state index contributed by atoms with van der Waals surface area (Å²) < 4.78 is 0. The van der Waals surface area contributed by atoms with Gasteiger partial charge in [-0.1, -0.05) is 49.4 Å². The van der Waals surface area contributed by atoms with E-state index in [9.17, 15) is 14.9 Å². The first-order valence-electron chi connectivity index (χ1n) is 9.11. The van der Waals surface area contributed by atoms with Crippen LogP contribution in [0.25, 0.3) is 11.6 Å². The van der Waals surface area contributed by atoms with Crippen molar-refractivity contribution in [1.29, 1.82) is 0 Å². The van der Waals surface area contributed by atoms with E-state index in [1.54, 1.807) is 18.2 Å². The van der Waals surface area contributed by atoms with Crippen molar-refractivity contribution in [2.75, 3.05) is 32.7 Å². The first kappa shape index (κ1) is 18.8. The number of rotatable bonds is 5. The van der Waals surface area contributed by atoms with E-state index < -0.39 is 4.92 Å². The molecule has 0 saturated carbocycles. The van der Waals surface area contributed by atoms with Gasteiger partial charge in [-0.15, -0.1) is 0 Å². The quantitative estimate of drug-likeness (QED) is 0.353. The number of nitro benzene ring substituents is 1. The molecule has 6 nitrogen and oxygen atoms in total. The highest BCUT2D eigenvalue weighted by molar-refractivity contribution is 6.24. The lowest BCUT2D eigenvalue weighted by Crippen LogP contribution is -2.48. The van der Waals surface area contributed by atoms with Gasteiger partial charge in [-0.05, 0) is 23.7 Å². The van der Waals surface area contributed by atoms with Crippen LogP contribution in [0, 0.1) is 10.1 Å². The lowest BCUT2D eigenvalue weighted by atomic mass is 10.0. The highest BCUT2D eigenvalue weighted by Gasteiger charge is 2.24. The molecule has 0 atom stereocenters. The highest BCUT2D eigenvalue weighted by Crippen LogP contribution is 2.23. The lowest BCUT2D eigenvalue weighted by Gasteiger charge is -2.34. The second kappa shape index (κ2) is 8.60. The molecule has 6 heteroatoms. The first-order chi connectivity index (χ1) is 13.1. The molecule has 0 bridgehead atoms. The maximum atomic E-state index is 13.2. The van der Waals surface area contributed by atoms with Crippen LogP contribution < -0.4 is 0 Å². The summed E-state index contributed by atoms with van der Waals surface area (Å²) in [5.41, 5.74) is 2.02. The summed E-state index contributed by atoms with van der Waals surface area (Å²) in [6.07, 6.45) is 1.75. The summed E-state index contributed by atoms with van der Waals surface area (Å²) in [7, 11) is 0. The van der Waals surface area contributed by atoms with E-state index >= 15 is 0 Å². The Labute approximate surface area is 158 Å². The number of nitrogens with zero attached hydrogens (tertiary/aromatic N) is 3. The van der Waals surface area contributed by atoms with Gasteiger partial charge in [0.15, 0.2) is 0 Å². The molecule has 1 amide bonds. The predicted molar refractivity (Wildman–Crippen MR) is 106 cm³/mol. The molecule has 0 N–H and O–H groups in total. The van der Waals surface area contributed by atoms with Crippen LogP contribution in [0.15, 0.2) is 54.6 Å². The number of carbonyl (C=O) groups is 1. The molecule has 1 aliphatic rings. The molecule has 1 heterocycles. The number of carbonyl (C=O) groups excluding carboxylic acids is 1. The van der Waals surface area contributed by atoms with E-state index in [2.05, 4.69) is 11.8 Å². The Morgan fingerprint density at radius 3 is 2.41 bits per heavy atom. The zero-order valence-electron chi connectivity index (χ0n) is 15.4. The number of likely N-dealkylation sites (N-methyl/N-ethyl adjacent to an activating group) is 1. The molecule has 27 heavy (non-hydrogen) atoms. The average Bonchev–Trinajstić information content (AvgIpc) is 2.72. The minimum atomic E-state index is -0.425. The predicted octanol–water partition coefficient (Wildman–Crippen LogP) is 3.30. The molecule has 1 aliphatic heterocycles. The second-order valence-electron chi connectivity index (χ2n) is 6.50. The molecule has 0 unspecified atom stereocenters. The van der Waals surface area contributed by atoms with Crippen molar-refractivity contribution in [2.24, 2.45) is 0 Å². The molecular formula is C21H23N3O3. The van der Waals surface area contributed by atoms with E-state index in [0.717, 1.165) is 25.2 Å². The lowest BCUT2D eigenvalue weighted by molar-refractivity contribution is -0.384. The maximum absolute atomic E-state index is 13.2. The fraction of sp³-hybridized carbons (Fsp3) is 0.286. The summed E-state index contributed by atoms with van der Waals surface area (Å²) in [5, 5.41) is 11.1. The van der Waals surface area contributed by atoms with E-state index in [-0.39, 0.29) is 11.6 Å². The van der Waals surface area contributed by atoms with Crippen LogP contribution in [0.2, 0.25) is 0 Å². The molecule has 1 saturated heterocycles. The van der Waals surface area contributed by atoms with E-state index in [1.807, 2.05) is 35.2 Å². The van der Waals surface area contributed by atoms with Crippen molar-refractivity contribution in [2.45, 2.75) is 6.92 Å². The normalized spacial score (nSPS) is 15.6. The van der Waals surface area contributed by atoms with Crippen molar-refractivity contribution in [1.82, 2.24) is 9.80 Å². The van der Waals surface area contributed by atoms with Gasteiger partial charge in [0.2, 0.25) is 0 Å². The number of hydrogen-bond donors (Lipinski definition) is 0. The Balaban J connectivity index is 1.93. The minimum absolute atomic E-state index is 0.0140. The third kappa shape index (κ3) is 4.60. The SMILES string of the molecule is CCN1CCN(C(=O)/C(=C/c2cccc([N+](=O)[O-])c2)c2ccccc2)CC1. The average molecular weight is 365 g/mol. The standard InChI is InChI=1S/C21H23N3O3/c1-2-22-11-13-23(14-12-22)21(25)20(18-8-4-3-5-9-18)16-17-7-6-10-19(15-17)24(26)27/h3-10,15-16H,2,11-14H2,1H3/b20-16+. The molecule has 1 fully saturated rings. The largest absolute Gasteiger partial charge is 0.336 e. The summed E-state index contributed by atoms with van der Waals surface area (Å²) in [4.78, 5) is 28.0. The Bertz CT molecular complexity index is 841. The minimum Gasteiger partial charge on any atom is -0.336 e. The highest BCUT2D eigenvalue weighted by atomic mass is 16.6. The monoisotopic (exact) mass is 365 g/mol. The Hall–Kier alpha value is -2.99. The number of piperazine rings is 1. The molecular weight excluding hydrogens is 342 g/mol. The summed E-state index contributed by atoms with van der Waals surface area (Å²) in [6, 6.07) is 15.8. The zero-order chi connectivity index (χ0) is 19.2. The smallest absolute Gasteiger partial charge is 0.270 e. The van der Waals surface area contributed by atoms with Crippen molar-refractivity contribution in [3.63, 3.8) is 0 Å². The van der Waals surface area contributed by atoms with Gasteiger partial charge in [-0.2, -0.15) is 0 Å². The van der Waals surface area contributed by atoms with Crippen LogP contribution >= 0.6 is 0 Å². The zero-order valence-corrected chi connectivity index (χ0v) is 15.4. The van der Waals surface area contributed by atoms with Gasteiger partial charge in [0, 0.05) is 43.9 Å². The van der Waals surface area contributed by atoms with Crippen LogP contribution in [0.5, 0.6) is 0 Å². The van der Waals surface area contributed by atoms with Crippen LogP contribution in [0.4, 0.5) is 5.69 Å². The molecule has 0 aromatic heterocycles. The summed E-state index contributed by atoms with van der Waals surface area (Å²) >= 11 is 0. The van der Waals surface area contributed by atoms with Crippen molar-refractivity contribution >= 4 is 23.2 Å². The van der Waals surface area contributed by atoms with Crippen LogP contribution in [0.3, 0.4) is 0 Å². The fourth-order valence-corrected chi connectivity index (χ4v) is 3.22. The van der Waals surface area contributed by atoms with Crippen molar-refractivity contribution in [3.8, 4) is 0 Å². The van der Waals surface area contributed by atoms with Crippen LogP contribution in [-0.2, 0) is 4.79 Å². The van der Waals surface area contributed by atoms with Gasteiger partial charge in [-0.25, -0.2) is 0 Å². The third-order valence-electron chi connectivity index (χ3n) is 4.81.